The number of rotatable bonds is 4. The van der Waals surface area contributed by atoms with E-state index in [1.807, 2.05) is 36.5 Å². The fourth-order valence-electron chi connectivity index (χ4n) is 2.65. The zero-order chi connectivity index (χ0) is 14.7. The van der Waals surface area contributed by atoms with Gasteiger partial charge in [0.1, 0.15) is 0 Å². The van der Waals surface area contributed by atoms with Gasteiger partial charge in [-0.1, -0.05) is 24.3 Å². The Morgan fingerprint density at radius 2 is 1.90 bits per heavy atom. The molecule has 0 aliphatic rings. The number of nitrogens with zero attached hydrogens (tertiary/aromatic N) is 2. The molecule has 0 spiro atoms. The SMILES string of the molecule is Cc1cccnc1C(Cc1ccnc2ccccc12)NN. The molecule has 3 aromatic rings. The average molecular weight is 278 g/mol. The van der Waals surface area contributed by atoms with Crippen LogP contribution in [0, 0.1) is 6.92 Å². The number of hydrogen-bond acceptors (Lipinski definition) is 4. The maximum absolute atomic E-state index is 5.76. The van der Waals surface area contributed by atoms with Gasteiger partial charge in [0.2, 0.25) is 0 Å². The van der Waals surface area contributed by atoms with Gasteiger partial charge in [0, 0.05) is 17.8 Å². The summed E-state index contributed by atoms with van der Waals surface area (Å²) in [7, 11) is 0. The van der Waals surface area contributed by atoms with Gasteiger partial charge < -0.3 is 0 Å². The van der Waals surface area contributed by atoms with Crippen LogP contribution in [-0.4, -0.2) is 9.97 Å². The van der Waals surface area contributed by atoms with Gasteiger partial charge in [-0.05, 0) is 42.7 Å². The summed E-state index contributed by atoms with van der Waals surface area (Å²) in [5.74, 6) is 5.76. The first-order chi connectivity index (χ1) is 10.3. The molecular formula is C17H18N4. The Kier molecular flexibility index (Phi) is 3.90. The van der Waals surface area contributed by atoms with E-state index in [1.165, 1.54) is 5.56 Å². The molecule has 0 aliphatic carbocycles. The van der Waals surface area contributed by atoms with Crippen molar-refractivity contribution in [1.82, 2.24) is 15.4 Å². The molecule has 3 rings (SSSR count). The van der Waals surface area contributed by atoms with Crippen molar-refractivity contribution in [3.8, 4) is 0 Å². The highest BCUT2D eigenvalue weighted by Crippen LogP contribution is 2.23. The number of benzene rings is 1. The minimum absolute atomic E-state index is 0.0167. The second kappa shape index (κ2) is 5.99. The van der Waals surface area contributed by atoms with Crippen LogP contribution in [0.25, 0.3) is 10.9 Å². The third-order valence-corrected chi connectivity index (χ3v) is 3.74. The maximum atomic E-state index is 5.76. The standard InChI is InChI=1S/C17H18N4/c1-12-5-4-9-20-17(12)16(21-18)11-13-8-10-19-15-7-3-2-6-14(13)15/h2-10,16,21H,11,18H2,1H3. The number of hydrazine groups is 1. The second-order valence-corrected chi connectivity index (χ2v) is 5.12. The topological polar surface area (TPSA) is 63.8 Å². The lowest BCUT2D eigenvalue weighted by Crippen LogP contribution is -2.30. The highest BCUT2D eigenvalue weighted by atomic mass is 15.2. The van der Waals surface area contributed by atoms with Gasteiger partial charge in [0.15, 0.2) is 0 Å². The van der Waals surface area contributed by atoms with E-state index < -0.39 is 0 Å². The average Bonchev–Trinajstić information content (AvgIpc) is 2.53. The van der Waals surface area contributed by atoms with Crippen LogP contribution in [-0.2, 0) is 6.42 Å². The molecule has 106 valence electrons. The van der Waals surface area contributed by atoms with Crippen molar-refractivity contribution in [3.05, 3.63) is 71.7 Å². The van der Waals surface area contributed by atoms with Crippen molar-refractivity contribution in [2.75, 3.05) is 0 Å². The van der Waals surface area contributed by atoms with E-state index in [1.54, 1.807) is 6.20 Å². The molecule has 0 amide bonds. The van der Waals surface area contributed by atoms with E-state index in [9.17, 15) is 0 Å². The number of aryl methyl sites for hydroxylation is 1. The number of nitrogens with one attached hydrogen (secondary N) is 1. The van der Waals surface area contributed by atoms with Crippen molar-refractivity contribution >= 4 is 10.9 Å². The van der Waals surface area contributed by atoms with E-state index in [0.717, 1.165) is 28.6 Å². The monoisotopic (exact) mass is 278 g/mol. The molecule has 0 radical (unpaired) electrons. The molecule has 3 N–H and O–H groups in total. The molecule has 0 aliphatic heterocycles. The Balaban J connectivity index is 1.98. The van der Waals surface area contributed by atoms with Crippen LogP contribution < -0.4 is 11.3 Å². The summed E-state index contributed by atoms with van der Waals surface area (Å²) in [6.07, 6.45) is 4.42. The van der Waals surface area contributed by atoms with Gasteiger partial charge in [-0.3, -0.25) is 21.2 Å². The molecule has 2 aromatic heterocycles. The van der Waals surface area contributed by atoms with E-state index in [4.69, 9.17) is 5.84 Å². The summed E-state index contributed by atoms with van der Waals surface area (Å²) < 4.78 is 0. The van der Waals surface area contributed by atoms with Crippen LogP contribution in [0.5, 0.6) is 0 Å². The van der Waals surface area contributed by atoms with Crippen LogP contribution in [0.1, 0.15) is 22.9 Å². The summed E-state index contributed by atoms with van der Waals surface area (Å²) in [6, 6.07) is 14.2. The molecule has 1 unspecified atom stereocenters. The number of para-hydroxylation sites is 1. The van der Waals surface area contributed by atoms with Gasteiger partial charge in [-0.2, -0.15) is 0 Å². The van der Waals surface area contributed by atoms with Crippen molar-refractivity contribution in [1.29, 1.82) is 0 Å². The summed E-state index contributed by atoms with van der Waals surface area (Å²) in [5, 5.41) is 1.16. The minimum Gasteiger partial charge on any atom is -0.271 e. The number of hydrogen-bond donors (Lipinski definition) is 2. The Morgan fingerprint density at radius 3 is 2.71 bits per heavy atom. The molecule has 21 heavy (non-hydrogen) atoms. The van der Waals surface area contributed by atoms with Crippen molar-refractivity contribution < 1.29 is 0 Å². The minimum atomic E-state index is -0.0167. The summed E-state index contributed by atoms with van der Waals surface area (Å²) in [4.78, 5) is 8.87. The van der Waals surface area contributed by atoms with Gasteiger partial charge >= 0.3 is 0 Å². The fraction of sp³-hybridized carbons (Fsp3) is 0.176. The first kappa shape index (κ1) is 13.7. The van der Waals surface area contributed by atoms with Gasteiger partial charge in [-0.15, -0.1) is 0 Å². The first-order valence-electron chi connectivity index (χ1n) is 7.00. The first-order valence-corrected chi connectivity index (χ1v) is 7.00. The zero-order valence-corrected chi connectivity index (χ0v) is 12.0. The van der Waals surface area contributed by atoms with Crippen LogP contribution in [0.15, 0.2) is 54.9 Å². The molecule has 0 saturated carbocycles. The largest absolute Gasteiger partial charge is 0.271 e. The second-order valence-electron chi connectivity index (χ2n) is 5.12. The third-order valence-electron chi connectivity index (χ3n) is 3.74. The number of fused-ring (bicyclic) bond motifs is 1. The highest BCUT2D eigenvalue weighted by Gasteiger charge is 2.15. The molecule has 2 heterocycles. The summed E-state index contributed by atoms with van der Waals surface area (Å²) in [6.45, 7) is 2.05. The number of aromatic nitrogens is 2. The lowest BCUT2D eigenvalue weighted by atomic mass is 9.98. The third kappa shape index (κ3) is 2.77. The fourth-order valence-corrected chi connectivity index (χ4v) is 2.65. The molecule has 1 aromatic carbocycles. The molecule has 0 saturated heterocycles. The van der Waals surface area contributed by atoms with E-state index in [2.05, 4.69) is 34.5 Å². The van der Waals surface area contributed by atoms with Crippen LogP contribution >= 0.6 is 0 Å². The Morgan fingerprint density at radius 1 is 1.05 bits per heavy atom. The van der Waals surface area contributed by atoms with E-state index in [0.29, 0.717) is 0 Å². The number of pyridine rings is 2. The maximum Gasteiger partial charge on any atom is 0.0704 e. The van der Waals surface area contributed by atoms with E-state index in [-0.39, 0.29) is 6.04 Å². The summed E-state index contributed by atoms with van der Waals surface area (Å²) in [5.41, 5.74) is 7.23. The normalized spacial score (nSPS) is 12.5. The zero-order valence-electron chi connectivity index (χ0n) is 12.0. The molecule has 0 bridgehead atoms. The van der Waals surface area contributed by atoms with Crippen LogP contribution in [0.3, 0.4) is 0 Å². The number of nitrogens with two attached hydrogens (primary N) is 1. The lowest BCUT2D eigenvalue weighted by Gasteiger charge is -2.18. The van der Waals surface area contributed by atoms with Crippen LogP contribution in [0.4, 0.5) is 0 Å². The molecule has 1 atom stereocenters. The molecular weight excluding hydrogens is 260 g/mol. The van der Waals surface area contributed by atoms with Crippen molar-refractivity contribution in [3.63, 3.8) is 0 Å². The van der Waals surface area contributed by atoms with E-state index >= 15 is 0 Å². The smallest absolute Gasteiger partial charge is 0.0704 e. The Hall–Kier alpha value is -2.30. The van der Waals surface area contributed by atoms with Gasteiger partial charge in [-0.25, -0.2) is 0 Å². The van der Waals surface area contributed by atoms with Crippen molar-refractivity contribution in [2.24, 2.45) is 5.84 Å². The predicted molar refractivity (Wildman–Crippen MR) is 84.5 cm³/mol. The quantitative estimate of drug-likeness (QED) is 0.569. The summed E-state index contributed by atoms with van der Waals surface area (Å²) >= 11 is 0. The highest BCUT2D eigenvalue weighted by molar-refractivity contribution is 5.81. The van der Waals surface area contributed by atoms with Gasteiger partial charge in [0.05, 0.1) is 17.3 Å². The van der Waals surface area contributed by atoms with Crippen molar-refractivity contribution in [2.45, 2.75) is 19.4 Å². The van der Waals surface area contributed by atoms with Gasteiger partial charge in [0.25, 0.3) is 0 Å². The molecule has 4 heteroatoms. The Bertz CT molecular complexity index is 749. The lowest BCUT2D eigenvalue weighted by molar-refractivity contribution is 0.537. The molecule has 0 fully saturated rings. The Labute approximate surface area is 124 Å². The molecule has 4 nitrogen and oxygen atoms in total. The predicted octanol–water partition coefficient (Wildman–Crippen LogP) is 2.69. The van der Waals surface area contributed by atoms with Crippen LogP contribution in [0.2, 0.25) is 0 Å².